The Bertz CT molecular complexity index is 271. The van der Waals surface area contributed by atoms with Crippen LogP contribution in [-0.4, -0.2) is 25.0 Å². The van der Waals surface area contributed by atoms with Crippen LogP contribution in [0.4, 0.5) is 0 Å². The van der Waals surface area contributed by atoms with E-state index in [1.807, 2.05) is 0 Å². The summed E-state index contributed by atoms with van der Waals surface area (Å²) in [6, 6.07) is 0.504. The summed E-state index contributed by atoms with van der Waals surface area (Å²) in [5.74, 6) is 1.04. The van der Waals surface area contributed by atoms with Gasteiger partial charge in [0.05, 0.1) is 0 Å². The van der Waals surface area contributed by atoms with E-state index in [9.17, 15) is 4.79 Å². The molecule has 1 saturated carbocycles. The summed E-state index contributed by atoms with van der Waals surface area (Å²) in [6.45, 7) is 2.08. The quantitative estimate of drug-likeness (QED) is 0.524. The summed E-state index contributed by atoms with van der Waals surface area (Å²) in [5, 5.41) is 6.48. The van der Waals surface area contributed by atoms with Gasteiger partial charge >= 0.3 is 0 Å². The second kappa shape index (κ2) is 6.80. The van der Waals surface area contributed by atoms with Crippen LogP contribution in [0.25, 0.3) is 0 Å². The van der Waals surface area contributed by atoms with Crippen LogP contribution < -0.4 is 10.6 Å². The molecule has 2 N–H and O–H groups in total. The van der Waals surface area contributed by atoms with E-state index in [4.69, 9.17) is 0 Å². The predicted octanol–water partition coefficient (Wildman–Crippen LogP) is 1.99. The predicted molar refractivity (Wildman–Crippen MR) is 69.7 cm³/mol. The lowest BCUT2D eigenvalue weighted by Crippen LogP contribution is -2.28. The fraction of sp³-hybridized carbons (Fsp3) is 0.786. The first-order valence-corrected chi connectivity index (χ1v) is 6.99. The van der Waals surface area contributed by atoms with Gasteiger partial charge in [-0.15, -0.1) is 0 Å². The van der Waals surface area contributed by atoms with Gasteiger partial charge in [-0.1, -0.05) is 12.2 Å². The number of carbonyl (C=O) groups is 1. The number of nitrogens with one attached hydrogen (secondary N) is 2. The van der Waals surface area contributed by atoms with E-state index in [0.29, 0.717) is 12.5 Å². The first kappa shape index (κ1) is 12.6. The van der Waals surface area contributed by atoms with Crippen LogP contribution in [0.3, 0.4) is 0 Å². The molecule has 1 amide bonds. The Hall–Kier alpha value is -0.830. The number of allylic oxidation sites excluding steroid dienone is 2. The molecule has 2 rings (SSSR count). The molecule has 2 aliphatic carbocycles. The van der Waals surface area contributed by atoms with Crippen molar-refractivity contribution in [3.05, 3.63) is 12.2 Å². The van der Waals surface area contributed by atoms with Crippen LogP contribution in [0.1, 0.15) is 44.9 Å². The standard InChI is InChI=1S/C14H24N2O/c17-14(16-13-8-9-13)7-4-10-15-11-12-5-2-1-3-6-12/h1-2,12-13,15H,3-11H2,(H,16,17). The Labute approximate surface area is 104 Å². The second-order valence-corrected chi connectivity index (χ2v) is 5.30. The van der Waals surface area contributed by atoms with Crippen molar-refractivity contribution in [1.82, 2.24) is 10.6 Å². The minimum Gasteiger partial charge on any atom is -0.353 e. The van der Waals surface area contributed by atoms with Gasteiger partial charge in [-0.3, -0.25) is 4.79 Å². The van der Waals surface area contributed by atoms with Crippen LogP contribution in [0, 0.1) is 5.92 Å². The van der Waals surface area contributed by atoms with Crippen molar-refractivity contribution in [3.8, 4) is 0 Å². The lowest BCUT2D eigenvalue weighted by molar-refractivity contribution is -0.121. The van der Waals surface area contributed by atoms with E-state index in [0.717, 1.165) is 25.4 Å². The molecule has 17 heavy (non-hydrogen) atoms. The van der Waals surface area contributed by atoms with Crippen LogP contribution >= 0.6 is 0 Å². The molecule has 0 heterocycles. The van der Waals surface area contributed by atoms with Gasteiger partial charge in [-0.25, -0.2) is 0 Å². The fourth-order valence-corrected chi connectivity index (χ4v) is 2.25. The van der Waals surface area contributed by atoms with E-state index in [-0.39, 0.29) is 5.91 Å². The summed E-state index contributed by atoms with van der Waals surface area (Å²) < 4.78 is 0. The van der Waals surface area contributed by atoms with Gasteiger partial charge in [0.1, 0.15) is 0 Å². The van der Waals surface area contributed by atoms with Crippen LogP contribution in [0.5, 0.6) is 0 Å². The third-order valence-corrected chi connectivity index (χ3v) is 3.51. The van der Waals surface area contributed by atoms with Crippen molar-refractivity contribution >= 4 is 5.91 Å². The van der Waals surface area contributed by atoms with E-state index in [2.05, 4.69) is 22.8 Å². The summed E-state index contributed by atoms with van der Waals surface area (Å²) in [7, 11) is 0. The molecule has 0 aromatic heterocycles. The first-order valence-electron chi connectivity index (χ1n) is 6.99. The van der Waals surface area contributed by atoms with Gasteiger partial charge in [-0.2, -0.15) is 0 Å². The maximum absolute atomic E-state index is 11.4. The zero-order valence-electron chi connectivity index (χ0n) is 10.6. The average molecular weight is 236 g/mol. The van der Waals surface area contributed by atoms with Gasteiger partial charge in [-0.05, 0) is 57.5 Å². The van der Waals surface area contributed by atoms with E-state index in [1.165, 1.54) is 32.1 Å². The first-order chi connectivity index (χ1) is 8.34. The number of carbonyl (C=O) groups excluding carboxylic acids is 1. The Morgan fingerprint density at radius 1 is 1.24 bits per heavy atom. The van der Waals surface area contributed by atoms with Crippen molar-refractivity contribution < 1.29 is 4.79 Å². The monoisotopic (exact) mass is 236 g/mol. The van der Waals surface area contributed by atoms with Crippen molar-refractivity contribution in [2.45, 2.75) is 51.0 Å². The largest absolute Gasteiger partial charge is 0.353 e. The summed E-state index contributed by atoms with van der Waals surface area (Å²) >= 11 is 0. The molecular weight excluding hydrogens is 212 g/mol. The van der Waals surface area contributed by atoms with Crippen molar-refractivity contribution in [3.63, 3.8) is 0 Å². The minimum absolute atomic E-state index is 0.231. The Balaban J connectivity index is 1.42. The zero-order chi connectivity index (χ0) is 11.9. The highest BCUT2D eigenvalue weighted by Gasteiger charge is 2.22. The highest BCUT2D eigenvalue weighted by Crippen LogP contribution is 2.18. The molecule has 0 aromatic carbocycles. The van der Waals surface area contributed by atoms with Gasteiger partial charge in [0, 0.05) is 12.5 Å². The van der Waals surface area contributed by atoms with Crippen LogP contribution in [0.15, 0.2) is 12.2 Å². The molecule has 0 aliphatic heterocycles. The van der Waals surface area contributed by atoms with Crippen LogP contribution in [0.2, 0.25) is 0 Å². The van der Waals surface area contributed by atoms with Gasteiger partial charge < -0.3 is 10.6 Å². The number of hydrogen-bond donors (Lipinski definition) is 2. The minimum atomic E-state index is 0.231. The topological polar surface area (TPSA) is 41.1 Å². The molecule has 0 saturated heterocycles. The fourth-order valence-electron chi connectivity index (χ4n) is 2.25. The number of hydrogen-bond acceptors (Lipinski definition) is 2. The Kier molecular flexibility index (Phi) is 5.05. The molecule has 3 nitrogen and oxygen atoms in total. The zero-order valence-corrected chi connectivity index (χ0v) is 10.6. The molecule has 0 bridgehead atoms. The van der Waals surface area contributed by atoms with Gasteiger partial charge in [0.2, 0.25) is 5.91 Å². The molecule has 0 radical (unpaired) electrons. The maximum atomic E-state index is 11.4. The molecule has 2 aliphatic rings. The normalized spacial score (nSPS) is 23.6. The van der Waals surface area contributed by atoms with Crippen molar-refractivity contribution in [2.24, 2.45) is 5.92 Å². The van der Waals surface area contributed by atoms with Crippen LogP contribution in [-0.2, 0) is 4.79 Å². The second-order valence-electron chi connectivity index (χ2n) is 5.30. The lowest BCUT2D eigenvalue weighted by Gasteiger charge is -2.18. The molecule has 1 atom stereocenters. The Morgan fingerprint density at radius 2 is 2.12 bits per heavy atom. The highest BCUT2D eigenvalue weighted by molar-refractivity contribution is 5.76. The number of rotatable bonds is 7. The van der Waals surface area contributed by atoms with E-state index in [1.54, 1.807) is 0 Å². The molecule has 96 valence electrons. The van der Waals surface area contributed by atoms with Crippen molar-refractivity contribution in [2.75, 3.05) is 13.1 Å². The SMILES string of the molecule is O=C(CCCNCC1CC=CCC1)NC1CC1. The molecule has 3 heteroatoms. The third-order valence-electron chi connectivity index (χ3n) is 3.51. The van der Waals surface area contributed by atoms with E-state index >= 15 is 0 Å². The molecule has 0 aromatic rings. The average Bonchev–Trinajstić information content (AvgIpc) is 3.14. The lowest BCUT2D eigenvalue weighted by atomic mass is 9.94. The Morgan fingerprint density at radius 3 is 2.82 bits per heavy atom. The molecule has 0 spiro atoms. The molecule has 1 unspecified atom stereocenters. The van der Waals surface area contributed by atoms with Gasteiger partial charge in [0.15, 0.2) is 0 Å². The molecule has 1 fully saturated rings. The summed E-state index contributed by atoms with van der Waals surface area (Å²) in [6.07, 6.45) is 12.3. The third kappa shape index (κ3) is 5.35. The smallest absolute Gasteiger partial charge is 0.220 e. The maximum Gasteiger partial charge on any atom is 0.220 e. The highest BCUT2D eigenvalue weighted by atomic mass is 16.1. The summed E-state index contributed by atoms with van der Waals surface area (Å²) in [5.41, 5.74) is 0. The number of amides is 1. The van der Waals surface area contributed by atoms with Gasteiger partial charge in [0.25, 0.3) is 0 Å². The van der Waals surface area contributed by atoms with Crippen molar-refractivity contribution in [1.29, 1.82) is 0 Å². The molecular formula is C14H24N2O. The summed E-state index contributed by atoms with van der Waals surface area (Å²) in [4.78, 5) is 11.4. The van der Waals surface area contributed by atoms with E-state index < -0.39 is 0 Å².